The van der Waals surface area contributed by atoms with E-state index in [1.165, 1.54) is 17.4 Å². The van der Waals surface area contributed by atoms with E-state index in [-0.39, 0.29) is 17.6 Å². The number of hydrogen-bond acceptors (Lipinski definition) is 7. The molecule has 0 spiro atoms. The lowest BCUT2D eigenvalue weighted by Crippen LogP contribution is -2.36. The van der Waals surface area contributed by atoms with Gasteiger partial charge >= 0.3 is 6.18 Å². The Morgan fingerprint density at radius 1 is 1.19 bits per heavy atom. The zero-order valence-corrected chi connectivity index (χ0v) is 21.3. The van der Waals surface area contributed by atoms with Gasteiger partial charge in [0.15, 0.2) is 6.61 Å². The third-order valence-corrected chi connectivity index (χ3v) is 7.94. The topological polar surface area (TPSA) is 68.2 Å². The summed E-state index contributed by atoms with van der Waals surface area (Å²) in [6, 6.07) is 3.26. The number of nitrogens with zero attached hydrogens (tertiary/aromatic N) is 4. The van der Waals surface area contributed by atoms with Crippen LogP contribution in [0.4, 0.5) is 17.6 Å². The number of aryl methyl sites for hydroxylation is 1. The first-order valence-electron chi connectivity index (χ1n) is 12.5. The van der Waals surface area contributed by atoms with Crippen LogP contribution in [-0.2, 0) is 24.1 Å². The second kappa shape index (κ2) is 11.5. The van der Waals surface area contributed by atoms with Crippen molar-refractivity contribution >= 4 is 17.1 Å². The van der Waals surface area contributed by atoms with Gasteiger partial charge in [0.1, 0.15) is 21.5 Å². The zero-order chi connectivity index (χ0) is 25.8. The van der Waals surface area contributed by atoms with Crippen LogP contribution in [0.1, 0.15) is 59.8 Å². The fourth-order valence-electron chi connectivity index (χ4n) is 5.05. The Morgan fingerprint density at radius 2 is 1.94 bits per heavy atom. The number of Topliss-reactive ketones (excluding diaryl/α,β-unsaturated/α-hetero) is 1. The summed E-state index contributed by atoms with van der Waals surface area (Å²) in [7, 11) is 0. The van der Waals surface area contributed by atoms with Crippen molar-refractivity contribution in [1.82, 2.24) is 20.1 Å². The molecule has 0 radical (unpaired) electrons. The van der Waals surface area contributed by atoms with Crippen LogP contribution >= 0.6 is 11.3 Å². The van der Waals surface area contributed by atoms with Gasteiger partial charge < -0.3 is 9.64 Å². The number of ether oxygens (including phenoxy) is 1. The lowest BCUT2D eigenvalue weighted by atomic mass is 9.76. The number of alkyl halides is 4. The average molecular weight is 529 g/mol. The first-order valence-corrected chi connectivity index (χ1v) is 13.3. The fourth-order valence-corrected chi connectivity index (χ4v) is 5.79. The second-order valence-electron chi connectivity index (χ2n) is 9.98. The lowest BCUT2D eigenvalue weighted by molar-refractivity contribution is -0.154. The van der Waals surface area contributed by atoms with E-state index in [1.54, 1.807) is 6.07 Å². The van der Waals surface area contributed by atoms with Crippen LogP contribution in [0.15, 0.2) is 12.1 Å². The molecule has 0 atom stereocenters. The minimum Gasteiger partial charge on any atom is -0.468 e. The predicted molar refractivity (Wildman–Crippen MR) is 128 cm³/mol. The Kier molecular flexibility index (Phi) is 8.59. The van der Waals surface area contributed by atoms with Gasteiger partial charge in [-0.3, -0.25) is 4.79 Å². The summed E-state index contributed by atoms with van der Waals surface area (Å²) in [4.78, 5) is 18.9. The van der Waals surface area contributed by atoms with E-state index in [4.69, 9.17) is 4.74 Å². The highest BCUT2D eigenvalue weighted by atomic mass is 32.1. The van der Waals surface area contributed by atoms with Crippen LogP contribution in [-0.4, -0.2) is 64.0 Å². The number of carbonyl (C=O) groups is 1. The van der Waals surface area contributed by atoms with Crippen LogP contribution in [0.3, 0.4) is 0 Å². The smallest absolute Gasteiger partial charge is 0.422 e. The first-order chi connectivity index (χ1) is 17.1. The number of carbonyl (C=O) groups excluding carboxylic acids is 1. The Hall–Kier alpha value is -2.14. The van der Waals surface area contributed by atoms with Gasteiger partial charge in [-0.2, -0.15) is 13.2 Å². The minimum absolute atomic E-state index is 0.0177. The van der Waals surface area contributed by atoms with Crippen molar-refractivity contribution in [2.45, 2.75) is 76.6 Å². The van der Waals surface area contributed by atoms with E-state index >= 15 is 4.39 Å². The van der Waals surface area contributed by atoms with Gasteiger partial charge in [0.25, 0.3) is 0 Å². The van der Waals surface area contributed by atoms with E-state index < -0.39 is 18.5 Å². The molecule has 6 nitrogen and oxygen atoms in total. The molecule has 1 aliphatic heterocycles. The number of rotatable bonds is 9. The van der Waals surface area contributed by atoms with Crippen molar-refractivity contribution < 1.29 is 27.1 Å². The first kappa shape index (κ1) is 26.9. The van der Waals surface area contributed by atoms with E-state index in [0.717, 1.165) is 34.2 Å². The SMILES string of the molecule is Cc1nnc(CC(=O)CC2CCC(F)(CCN3CCc4ccc(OCC(F)(F)F)nc4CC3)CC2)s1. The van der Waals surface area contributed by atoms with Crippen LogP contribution < -0.4 is 4.74 Å². The zero-order valence-electron chi connectivity index (χ0n) is 20.4. The summed E-state index contributed by atoms with van der Waals surface area (Å²) in [5.74, 6) is 0.353. The summed E-state index contributed by atoms with van der Waals surface area (Å²) < 4.78 is 57.6. The number of fused-ring (bicyclic) bond motifs is 1. The number of hydrogen-bond donors (Lipinski definition) is 0. The van der Waals surface area contributed by atoms with E-state index in [2.05, 4.69) is 20.1 Å². The van der Waals surface area contributed by atoms with E-state index in [0.29, 0.717) is 64.5 Å². The van der Waals surface area contributed by atoms with Crippen molar-refractivity contribution in [2.75, 3.05) is 26.2 Å². The van der Waals surface area contributed by atoms with Gasteiger partial charge in [-0.25, -0.2) is 9.37 Å². The highest BCUT2D eigenvalue weighted by Gasteiger charge is 2.36. The highest BCUT2D eigenvalue weighted by Crippen LogP contribution is 2.39. The molecule has 0 N–H and O–H groups in total. The van der Waals surface area contributed by atoms with Crippen molar-refractivity contribution in [3.63, 3.8) is 0 Å². The summed E-state index contributed by atoms with van der Waals surface area (Å²) in [6.45, 7) is 2.57. The average Bonchev–Trinajstić information content (AvgIpc) is 3.11. The molecule has 0 unspecified atom stereocenters. The molecule has 0 aromatic carbocycles. The number of pyridine rings is 1. The summed E-state index contributed by atoms with van der Waals surface area (Å²) in [5.41, 5.74) is 0.535. The minimum atomic E-state index is -4.40. The third kappa shape index (κ3) is 7.93. The quantitative estimate of drug-likeness (QED) is 0.423. The number of ketones is 1. The maximum Gasteiger partial charge on any atom is 0.422 e. The van der Waals surface area contributed by atoms with Crippen molar-refractivity contribution in [1.29, 1.82) is 0 Å². The standard InChI is InChI=1S/C25H32F4N4O2S/c1-17-31-32-23(36-17)15-20(34)14-18-4-8-24(26,9-5-18)10-13-33-11-6-19-2-3-22(30-21(19)7-12-33)35-16-25(27,28)29/h2-3,18H,4-16H2,1H3. The van der Waals surface area contributed by atoms with Gasteiger partial charge in [-0.05, 0) is 56.9 Å². The van der Waals surface area contributed by atoms with Gasteiger partial charge in [0.2, 0.25) is 5.88 Å². The molecular formula is C25H32F4N4O2S. The summed E-state index contributed by atoms with van der Waals surface area (Å²) >= 11 is 1.44. The third-order valence-electron chi connectivity index (χ3n) is 7.10. The Balaban J connectivity index is 1.19. The second-order valence-corrected chi connectivity index (χ2v) is 11.2. The van der Waals surface area contributed by atoms with Crippen LogP contribution in [0.5, 0.6) is 5.88 Å². The molecule has 0 saturated heterocycles. The van der Waals surface area contributed by atoms with Crippen molar-refractivity contribution in [2.24, 2.45) is 5.92 Å². The predicted octanol–water partition coefficient (Wildman–Crippen LogP) is 5.07. The van der Waals surface area contributed by atoms with Gasteiger partial charge in [-0.15, -0.1) is 21.5 Å². The molecular weight excluding hydrogens is 496 g/mol. The van der Waals surface area contributed by atoms with E-state index in [1.807, 2.05) is 6.92 Å². The highest BCUT2D eigenvalue weighted by molar-refractivity contribution is 7.11. The monoisotopic (exact) mass is 528 g/mol. The molecule has 4 rings (SSSR count). The maximum absolute atomic E-state index is 15.5. The summed E-state index contributed by atoms with van der Waals surface area (Å²) in [6.07, 6.45) is 0.515. The maximum atomic E-state index is 15.5. The molecule has 11 heteroatoms. The van der Waals surface area contributed by atoms with Crippen molar-refractivity contribution in [3.05, 3.63) is 33.4 Å². The molecule has 2 aromatic rings. The Morgan fingerprint density at radius 3 is 2.64 bits per heavy atom. The molecule has 1 saturated carbocycles. The molecule has 1 aliphatic carbocycles. The molecule has 3 heterocycles. The molecule has 2 aliphatic rings. The molecule has 2 aromatic heterocycles. The van der Waals surface area contributed by atoms with Crippen molar-refractivity contribution in [3.8, 4) is 5.88 Å². The molecule has 0 bridgehead atoms. The number of halogens is 4. The molecule has 1 fully saturated rings. The molecule has 0 amide bonds. The molecule has 36 heavy (non-hydrogen) atoms. The Bertz CT molecular complexity index is 1040. The normalized spacial score (nSPS) is 23.2. The van der Waals surface area contributed by atoms with Crippen LogP contribution in [0, 0.1) is 12.8 Å². The molecule has 198 valence electrons. The van der Waals surface area contributed by atoms with Crippen LogP contribution in [0.25, 0.3) is 0 Å². The van der Waals surface area contributed by atoms with Gasteiger partial charge in [0.05, 0.1) is 6.42 Å². The largest absolute Gasteiger partial charge is 0.468 e. The van der Waals surface area contributed by atoms with E-state index in [9.17, 15) is 18.0 Å². The summed E-state index contributed by atoms with van der Waals surface area (Å²) in [5, 5.41) is 9.55. The Labute approximate surface area is 212 Å². The number of aromatic nitrogens is 3. The lowest BCUT2D eigenvalue weighted by Gasteiger charge is -2.35. The van der Waals surface area contributed by atoms with Crippen LogP contribution in [0.2, 0.25) is 0 Å². The van der Waals surface area contributed by atoms with Gasteiger partial charge in [0, 0.05) is 44.2 Å². The fraction of sp³-hybridized carbons (Fsp3) is 0.680. The van der Waals surface area contributed by atoms with Gasteiger partial charge in [-0.1, -0.05) is 6.07 Å².